The number of hydrogen-bond donors (Lipinski definition) is 1. The van der Waals surface area contributed by atoms with E-state index in [2.05, 4.69) is 4.98 Å². The number of benzene rings is 2. The molecule has 1 aromatic heterocycles. The summed E-state index contributed by atoms with van der Waals surface area (Å²) in [7, 11) is 0. The number of ketones is 2. The zero-order valence-electron chi connectivity index (χ0n) is 12.1. The number of phenols is 1. The number of para-hydroxylation sites is 1. The van der Waals surface area contributed by atoms with Gasteiger partial charge in [-0.25, -0.2) is 0 Å². The Morgan fingerprint density at radius 3 is 1.78 bits per heavy atom. The van der Waals surface area contributed by atoms with Gasteiger partial charge in [-0.2, -0.15) is 0 Å². The summed E-state index contributed by atoms with van der Waals surface area (Å²) in [5, 5.41) is 10.4. The van der Waals surface area contributed by atoms with E-state index in [0.29, 0.717) is 11.1 Å². The van der Waals surface area contributed by atoms with E-state index in [1.165, 1.54) is 24.5 Å². The molecule has 2 aromatic carbocycles. The Labute approximate surface area is 133 Å². The Hall–Kier alpha value is -3.27. The van der Waals surface area contributed by atoms with E-state index in [0.717, 1.165) is 0 Å². The molecule has 23 heavy (non-hydrogen) atoms. The van der Waals surface area contributed by atoms with Crippen molar-refractivity contribution < 1.29 is 14.7 Å². The summed E-state index contributed by atoms with van der Waals surface area (Å²) in [4.78, 5) is 28.8. The lowest BCUT2D eigenvalue weighted by Crippen LogP contribution is -2.07. The van der Waals surface area contributed by atoms with Gasteiger partial charge in [-0.05, 0) is 24.3 Å². The van der Waals surface area contributed by atoms with E-state index in [1.54, 1.807) is 48.5 Å². The summed E-state index contributed by atoms with van der Waals surface area (Å²) in [6.07, 6.45) is 3.01. The van der Waals surface area contributed by atoms with Gasteiger partial charge in [0.2, 0.25) is 0 Å². The topological polar surface area (TPSA) is 67.3 Å². The number of aromatic nitrogens is 1. The van der Waals surface area contributed by atoms with Crippen LogP contribution in [0, 0.1) is 0 Å². The second-order valence-electron chi connectivity index (χ2n) is 4.96. The van der Waals surface area contributed by atoms with Gasteiger partial charge in [0.05, 0.1) is 11.1 Å². The molecule has 0 aliphatic heterocycles. The highest BCUT2D eigenvalue weighted by molar-refractivity contribution is 6.16. The predicted octanol–water partition coefficient (Wildman–Crippen LogP) is 3.25. The van der Waals surface area contributed by atoms with E-state index in [1.807, 2.05) is 0 Å². The van der Waals surface area contributed by atoms with Crippen LogP contribution in [0.4, 0.5) is 0 Å². The predicted molar refractivity (Wildman–Crippen MR) is 85.7 cm³/mol. The molecule has 0 saturated carbocycles. The van der Waals surface area contributed by atoms with Gasteiger partial charge < -0.3 is 5.11 Å². The van der Waals surface area contributed by atoms with E-state index in [4.69, 9.17) is 0 Å². The fraction of sp³-hybridized carbons (Fsp3) is 0. The van der Waals surface area contributed by atoms with Crippen LogP contribution in [-0.4, -0.2) is 21.7 Å². The quantitative estimate of drug-likeness (QED) is 0.751. The van der Waals surface area contributed by atoms with Crippen LogP contribution in [0.25, 0.3) is 0 Å². The number of carbonyl (C=O) groups excluding carboxylic acids is 2. The molecular formula is C19H13NO3. The molecule has 0 unspecified atom stereocenters. The number of rotatable bonds is 4. The van der Waals surface area contributed by atoms with Crippen LogP contribution >= 0.6 is 0 Å². The maximum Gasteiger partial charge on any atom is 0.196 e. The van der Waals surface area contributed by atoms with Gasteiger partial charge in [-0.15, -0.1) is 0 Å². The Bertz CT molecular complexity index is 789. The number of hydrogen-bond acceptors (Lipinski definition) is 4. The van der Waals surface area contributed by atoms with Crippen molar-refractivity contribution in [2.75, 3.05) is 0 Å². The van der Waals surface area contributed by atoms with Crippen molar-refractivity contribution in [1.82, 2.24) is 4.98 Å². The average molecular weight is 303 g/mol. The SMILES string of the molecule is O=C(c1ccccc1)c1cccc(C(=O)c2ccncc2)c1O. The van der Waals surface area contributed by atoms with Crippen LogP contribution in [0.2, 0.25) is 0 Å². The molecule has 0 saturated heterocycles. The Morgan fingerprint density at radius 2 is 1.22 bits per heavy atom. The van der Waals surface area contributed by atoms with Crippen molar-refractivity contribution in [3.63, 3.8) is 0 Å². The molecule has 0 radical (unpaired) electrons. The fourth-order valence-corrected chi connectivity index (χ4v) is 2.31. The molecule has 4 nitrogen and oxygen atoms in total. The van der Waals surface area contributed by atoms with Crippen molar-refractivity contribution in [3.05, 3.63) is 95.3 Å². The lowest BCUT2D eigenvalue weighted by atomic mass is 9.96. The van der Waals surface area contributed by atoms with E-state index >= 15 is 0 Å². The van der Waals surface area contributed by atoms with Crippen LogP contribution in [0.5, 0.6) is 5.75 Å². The highest BCUT2D eigenvalue weighted by Gasteiger charge is 2.20. The zero-order valence-corrected chi connectivity index (χ0v) is 12.1. The first-order valence-corrected chi connectivity index (χ1v) is 7.05. The molecular weight excluding hydrogens is 290 g/mol. The number of phenolic OH excluding ortho intramolecular Hbond substituents is 1. The molecule has 112 valence electrons. The number of carbonyl (C=O) groups is 2. The fourth-order valence-electron chi connectivity index (χ4n) is 2.31. The third-order valence-electron chi connectivity index (χ3n) is 3.50. The van der Waals surface area contributed by atoms with Crippen molar-refractivity contribution >= 4 is 11.6 Å². The first-order chi connectivity index (χ1) is 11.2. The highest BCUT2D eigenvalue weighted by atomic mass is 16.3. The summed E-state index contributed by atoms with van der Waals surface area (Å²) in [6.45, 7) is 0. The van der Waals surface area contributed by atoms with Crippen LogP contribution in [0.1, 0.15) is 31.8 Å². The summed E-state index contributed by atoms with van der Waals surface area (Å²) in [5.74, 6) is -0.983. The largest absolute Gasteiger partial charge is 0.506 e. The normalized spacial score (nSPS) is 10.3. The Kier molecular flexibility index (Phi) is 3.97. The van der Waals surface area contributed by atoms with Crippen molar-refractivity contribution in [1.29, 1.82) is 0 Å². The number of nitrogens with zero attached hydrogens (tertiary/aromatic N) is 1. The first kappa shape index (κ1) is 14.7. The van der Waals surface area contributed by atoms with Gasteiger partial charge in [0.25, 0.3) is 0 Å². The number of aromatic hydroxyl groups is 1. The molecule has 0 atom stereocenters. The Balaban J connectivity index is 2.03. The Morgan fingerprint density at radius 1 is 0.696 bits per heavy atom. The summed E-state index contributed by atoms with van der Waals surface area (Å²) in [6, 6.07) is 16.4. The van der Waals surface area contributed by atoms with Crippen molar-refractivity contribution in [2.24, 2.45) is 0 Å². The lowest BCUT2D eigenvalue weighted by Gasteiger charge is -2.08. The highest BCUT2D eigenvalue weighted by Crippen LogP contribution is 2.27. The van der Waals surface area contributed by atoms with E-state index in [-0.39, 0.29) is 28.4 Å². The van der Waals surface area contributed by atoms with Gasteiger partial charge in [-0.3, -0.25) is 14.6 Å². The monoisotopic (exact) mass is 303 g/mol. The molecule has 0 fully saturated rings. The summed E-state index contributed by atoms with van der Waals surface area (Å²) in [5.41, 5.74) is 1.06. The van der Waals surface area contributed by atoms with Crippen LogP contribution in [0.15, 0.2) is 73.1 Å². The number of pyridine rings is 1. The van der Waals surface area contributed by atoms with Crippen LogP contribution < -0.4 is 0 Å². The average Bonchev–Trinajstić information content (AvgIpc) is 2.62. The minimum Gasteiger partial charge on any atom is -0.506 e. The first-order valence-electron chi connectivity index (χ1n) is 7.05. The van der Waals surface area contributed by atoms with Crippen LogP contribution in [-0.2, 0) is 0 Å². The molecule has 0 bridgehead atoms. The molecule has 1 N–H and O–H groups in total. The summed E-state index contributed by atoms with van der Waals surface area (Å²) >= 11 is 0. The molecule has 3 aromatic rings. The molecule has 0 aliphatic carbocycles. The third kappa shape index (κ3) is 2.87. The van der Waals surface area contributed by atoms with E-state index in [9.17, 15) is 14.7 Å². The molecule has 0 amide bonds. The maximum atomic E-state index is 12.5. The minimum absolute atomic E-state index is 0.0954. The van der Waals surface area contributed by atoms with Gasteiger partial charge in [-0.1, -0.05) is 36.4 Å². The maximum absolute atomic E-state index is 12.5. The van der Waals surface area contributed by atoms with Crippen molar-refractivity contribution in [3.8, 4) is 5.75 Å². The lowest BCUT2D eigenvalue weighted by molar-refractivity contribution is 0.103. The molecule has 3 rings (SSSR count). The van der Waals surface area contributed by atoms with E-state index < -0.39 is 0 Å². The third-order valence-corrected chi connectivity index (χ3v) is 3.50. The molecule has 0 spiro atoms. The second kappa shape index (κ2) is 6.23. The molecule has 1 heterocycles. The van der Waals surface area contributed by atoms with Crippen LogP contribution in [0.3, 0.4) is 0 Å². The minimum atomic E-state index is -0.354. The van der Waals surface area contributed by atoms with Gasteiger partial charge >= 0.3 is 0 Å². The molecule has 4 heteroatoms. The standard InChI is InChI=1S/C19H13NO3/c21-17(13-5-2-1-3-6-13)15-7-4-8-16(19(15)23)18(22)14-9-11-20-12-10-14/h1-12,23H. The zero-order chi connectivity index (χ0) is 16.2. The summed E-state index contributed by atoms with van der Waals surface area (Å²) < 4.78 is 0. The molecule has 0 aliphatic rings. The van der Waals surface area contributed by atoms with Gasteiger partial charge in [0.15, 0.2) is 11.6 Å². The van der Waals surface area contributed by atoms with Gasteiger partial charge in [0, 0.05) is 23.5 Å². The van der Waals surface area contributed by atoms with Crippen molar-refractivity contribution in [2.45, 2.75) is 0 Å². The second-order valence-corrected chi connectivity index (χ2v) is 4.96. The van der Waals surface area contributed by atoms with Gasteiger partial charge in [0.1, 0.15) is 5.75 Å². The smallest absolute Gasteiger partial charge is 0.196 e.